The Labute approximate surface area is 194 Å². The molecule has 2 aromatic carbocycles. The number of hydrogen-bond donors (Lipinski definition) is 1. The van der Waals surface area contributed by atoms with E-state index >= 15 is 0 Å². The Hall–Kier alpha value is -3.11. The molecule has 1 N–H and O–H groups in total. The van der Waals surface area contributed by atoms with Crippen molar-refractivity contribution in [3.8, 4) is 5.75 Å². The van der Waals surface area contributed by atoms with Crippen LogP contribution < -0.4 is 10.1 Å². The van der Waals surface area contributed by atoms with Gasteiger partial charge in [-0.3, -0.25) is 14.9 Å². The van der Waals surface area contributed by atoms with Crippen molar-refractivity contribution in [1.82, 2.24) is 14.8 Å². The fourth-order valence-electron chi connectivity index (χ4n) is 2.91. The number of nitro benzene ring substituents is 1. The SMILES string of the molecule is Cc1ccc(OC(C)c2nnc(SCC(=O)Nc3ccc(Cl)c([N+](=O)[O-])c3)n2C)cc1C. The second-order valence-electron chi connectivity index (χ2n) is 7.17. The molecule has 0 bridgehead atoms. The Morgan fingerprint density at radius 3 is 2.69 bits per heavy atom. The number of nitrogens with one attached hydrogen (secondary N) is 1. The molecule has 0 aliphatic heterocycles. The Morgan fingerprint density at radius 1 is 1.25 bits per heavy atom. The highest BCUT2D eigenvalue weighted by Crippen LogP contribution is 2.28. The van der Waals surface area contributed by atoms with Gasteiger partial charge in [0.15, 0.2) is 17.1 Å². The Balaban J connectivity index is 1.60. The molecular weight excluding hydrogens is 454 g/mol. The van der Waals surface area contributed by atoms with Crippen LogP contribution in [-0.4, -0.2) is 31.3 Å². The van der Waals surface area contributed by atoms with Crippen LogP contribution in [0.15, 0.2) is 41.6 Å². The number of amides is 1. The quantitative estimate of drug-likeness (QED) is 0.281. The summed E-state index contributed by atoms with van der Waals surface area (Å²) >= 11 is 6.99. The zero-order chi connectivity index (χ0) is 23.4. The first-order valence-electron chi connectivity index (χ1n) is 9.65. The molecule has 1 heterocycles. The smallest absolute Gasteiger partial charge is 0.289 e. The molecule has 168 valence electrons. The van der Waals surface area contributed by atoms with Crippen LogP contribution in [0.4, 0.5) is 11.4 Å². The Morgan fingerprint density at radius 2 is 2.00 bits per heavy atom. The highest BCUT2D eigenvalue weighted by molar-refractivity contribution is 7.99. The summed E-state index contributed by atoms with van der Waals surface area (Å²) in [5.41, 5.74) is 2.35. The molecule has 0 spiro atoms. The molecule has 1 atom stereocenters. The minimum Gasteiger partial charge on any atom is -0.483 e. The molecule has 3 rings (SSSR count). The minimum atomic E-state index is -0.602. The number of carbonyl (C=O) groups excluding carboxylic acids is 1. The lowest BCUT2D eigenvalue weighted by Gasteiger charge is -2.15. The van der Waals surface area contributed by atoms with Gasteiger partial charge in [0, 0.05) is 18.8 Å². The summed E-state index contributed by atoms with van der Waals surface area (Å²) in [7, 11) is 1.80. The van der Waals surface area contributed by atoms with Crippen molar-refractivity contribution in [3.63, 3.8) is 0 Å². The molecule has 11 heteroatoms. The van der Waals surface area contributed by atoms with Crippen LogP contribution in [0.1, 0.15) is 30.0 Å². The van der Waals surface area contributed by atoms with Crippen LogP contribution in [0.5, 0.6) is 5.75 Å². The van der Waals surface area contributed by atoms with Crippen LogP contribution in [0, 0.1) is 24.0 Å². The van der Waals surface area contributed by atoms with Gasteiger partial charge in [-0.05, 0) is 56.2 Å². The van der Waals surface area contributed by atoms with E-state index in [0.717, 1.165) is 11.3 Å². The molecule has 0 fully saturated rings. The molecule has 0 saturated carbocycles. The van der Waals surface area contributed by atoms with Gasteiger partial charge in [0.05, 0.1) is 10.7 Å². The topological polar surface area (TPSA) is 112 Å². The summed E-state index contributed by atoms with van der Waals surface area (Å²) in [6.45, 7) is 5.95. The van der Waals surface area contributed by atoms with Gasteiger partial charge in [0.25, 0.3) is 5.69 Å². The van der Waals surface area contributed by atoms with E-state index in [4.69, 9.17) is 16.3 Å². The number of aryl methyl sites for hydroxylation is 2. The molecule has 3 aromatic rings. The van der Waals surface area contributed by atoms with Gasteiger partial charge in [-0.2, -0.15) is 0 Å². The second kappa shape index (κ2) is 10.0. The standard InChI is InChI=1S/C21H22ClN5O4S/c1-12-5-7-16(9-13(12)2)31-14(3)20-24-25-21(26(20)4)32-11-19(28)23-15-6-8-17(22)18(10-15)27(29)30/h5-10,14H,11H2,1-4H3,(H,23,28). The van der Waals surface area contributed by atoms with E-state index in [1.165, 1.54) is 35.5 Å². The number of aromatic nitrogens is 3. The summed E-state index contributed by atoms with van der Waals surface area (Å²) in [6.07, 6.45) is -0.340. The van der Waals surface area contributed by atoms with Crippen LogP contribution in [0.3, 0.4) is 0 Å². The normalized spacial score (nSPS) is 11.8. The molecule has 9 nitrogen and oxygen atoms in total. The lowest BCUT2D eigenvalue weighted by Crippen LogP contribution is -2.15. The van der Waals surface area contributed by atoms with Crippen LogP contribution in [-0.2, 0) is 11.8 Å². The van der Waals surface area contributed by atoms with Gasteiger partial charge in [-0.1, -0.05) is 29.4 Å². The number of nitrogens with zero attached hydrogens (tertiary/aromatic N) is 4. The summed E-state index contributed by atoms with van der Waals surface area (Å²) in [5, 5.41) is 22.5. The number of rotatable bonds is 8. The van der Waals surface area contributed by atoms with Gasteiger partial charge in [0.2, 0.25) is 5.91 Å². The maximum Gasteiger partial charge on any atom is 0.289 e. The van der Waals surface area contributed by atoms with E-state index in [1.54, 1.807) is 11.6 Å². The molecular formula is C21H22ClN5O4S. The molecule has 1 aromatic heterocycles. The monoisotopic (exact) mass is 475 g/mol. The van der Waals surface area contributed by atoms with Crippen molar-refractivity contribution >= 4 is 40.6 Å². The van der Waals surface area contributed by atoms with Crippen LogP contribution in [0.2, 0.25) is 5.02 Å². The van der Waals surface area contributed by atoms with Crippen molar-refractivity contribution < 1.29 is 14.5 Å². The lowest BCUT2D eigenvalue weighted by atomic mass is 10.1. The summed E-state index contributed by atoms with van der Waals surface area (Å²) in [4.78, 5) is 22.7. The average molecular weight is 476 g/mol. The Bertz CT molecular complexity index is 1170. The first-order valence-corrected chi connectivity index (χ1v) is 11.0. The Kier molecular flexibility index (Phi) is 7.37. The first-order chi connectivity index (χ1) is 15.2. The van der Waals surface area contributed by atoms with Crippen LogP contribution in [0.25, 0.3) is 0 Å². The summed E-state index contributed by atoms with van der Waals surface area (Å²) < 4.78 is 7.77. The minimum absolute atomic E-state index is 0.00567. The molecule has 0 aliphatic rings. The van der Waals surface area contributed by atoms with Crippen molar-refractivity contribution in [1.29, 1.82) is 0 Å². The van der Waals surface area contributed by atoms with E-state index in [2.05, 4.69) is 15.5 Å². The fourth-order valence-corrected chi connectivity index (χ4v) is 3.81. The highest BCUT2D eigenvalue weighted by Gasteiger charge is 2.19. The lowest BCUT2D eigenvalue weighted by molar-refractivity contribution is -0.384. The predicted molar refractivity (Wildman–Crippen MR) is 123 cm³/mol. The molecule has 1 unspecified atom stereocenters. The number of thioether (sulfide) groups is 1. The third kappa shape index (κ3) is 5.57. The fraction of sp³-hybridized carbons (Fsp3) is 0.286. The summed E-state index contributed by atoms with van der Waals surface area (Å²) in [5.74, 6) is 1.08. The van der Waals surface area contributed by atoms with Crippen molar-refractivity contribution in [3.05, 3.63) is 68.5 Å². The van der Waals surface area contributed by atoms with Crippen molar-refractivity contribution in [2.45, 2.75) is 32.0 Å². The highest BCUT2D eigenvalue weighted by atomic mass is 35.5. The molecule has 0 aliphatic carbocycles. The van der Waals surface area contributed by atoms with E-state index < -0.39 is 4.92 Å². The van der Waals surface area contributed by atoms with Crippen molar-refractivity contribution in [2.24, 2.45) is 7.05 Å². The van der Waals surface area contributed by atoms with Crippen LogP contribution >= 0.6 is 23.4 Å². The third-order valence-electron chi connectivity index (χ3n) is 4.78. The van der Waals surface area contributed by atoms with Gasteiger partial charge in [0.1, 0.15) is 10.8 Å². The predicted octanol–water partition coefficient (Wildman–Crippen LogP) is 4.86. The first kappa shape index (κ1) is 23.6. The van der Waals surface area contributed by atoms with Gasteiger partial charge >= 0.3 is 0 Å². The summed E-state index contributed by atoms with van der Waals surface area (Å²) in [6, 6.07) is 9.98. The number of halogens is 1. The molecule has 0 saturated heterocycles. The molecule has 32 heavy (non-hydrogen) atoms. The largest absolute Gasteiger partial charge is 0.483 e. The number of benzene rings is 2. The van der Waals surface area contributed by atoms with E-state index in [0.29, 0.717) is 16.7 Å². The van der Waals surface area contributed by atoms with Gasteiger partial charge in [-0.15, -0.1) is 10.2 Å². The van der Waals surface area contributed by atoms with Crippen molar-refractivity contribution in [2.75, 3.05) is 11.1 Å². The zero-order valence-corrected chi connectivity index (χ0v) is 19.5. The average Bonchev–Trinajstić information content (AvgIpc) is 3.11. The number of anilines is 1. The van der Waals surface area contributed by atoms with E-state index in [9.17, 15) is 14.9 Å². The number of nitro groups is 1. The molecule has 1 amide bonds. The number of carbonyl (C=O) groups is 1. The maximum atomic E-state index is 12.3. The maximum absolute atomic E-state index is 12.3. The van der Waals surface area contributed by atoms with E-state index in [-0.39, 0.29) is 28.5 Å². The second-order valence-corrected chi connectivity index (χ2v) is 8.52. The van der Waals surface area contributed by atoms with Gasteiger partial charge < -0.3 is 14.6 Å². The van der Waals surface area contributed by atoms with Gasteiger partial charge in [-0.25, -0.2) is 0 Å². The molecule has 0 radical (unpaired) electrons. The third-order valence-corrected chi connectivity index (χ3v) is 6.12. The number of ether oxygens (including phenoxy) is 1. The van der Waals surface area contributed by atoms with E-state index in [1.807, 2.05) is 39.0 Å². The zero-order valence-electron chi connectivity index (χ0n) is 18.0. The number of hydrogen-bond acceptors (Lipinski definition) is 7.